The topological polar surface area (TPSA) is 50.2 Å². The van der Waals surface area contributed by atoms with E-state index >= 15 is 0 Å². The molecule has 1 aromatic heterocycles. The second-order valence-electron chi connectivity index (χ2n) is 6.33. The van der Waals surface area contributed by atoms with E-state index in [4.69, 9.17) is 0 Å². The summed E-state index contributed by atoms with van der Waals surface area (Å²) in [6.07, 6.45) is 9.39. The lowest BCUT2D eigenvalue weighted by molar-refractivity contribution is 0.371. The Morgan fingerprint density at radius 2 is 2.10 bits per heavy atom. The Morgan fingerprint density at radius 1 is 1.33 bits per heavy atom. The summed E-state index contributed by atoms with van der Waals surface area (Å²) in [6, 6.07) is 0.539. The van der Waals surface area contributed by atoms with Crippen LogP contribution in [0.2, 0.25) is 0 Å². The van der Waals surface area contributed by atoms with Crippen LogP contribution in [0.3, 0.4) is 0 Å². The predicted molar refractivity (Wildman–Crippen MR) is 84.7 cm³/mol. The van der Waals surface area contributed by atoms with Gasteiger partial charge < -0.3 is 14.8 Å². The van der Waals surface area contributed by atoms with Gasteiger partial charge in [0.15, 0.2) is 5.82 Å². The van der Waals surface area contributed by atoms with Gasteiger partial charge in [-0.05, 0) is 51.1 Å². The number of hydrogen-bond donors (Lipinski definition) is 1. The molecule has 2 fully saturated rings. The van der Waals surface area contributed by atoms with Crippen LogP contribution in [0.5, 0.6) is 0 Å². The average molecular weight is 290 g/mol. The Morgan fingerprint density at radius 3 is 2.76 bits per heavy atom. The molecule has 21 heavy (non-hydrogen) atoms. The molecule has 0 bridgehead atoms. The van der Waals surface area contributed by atoms with E-state index in [2.05, 4.69) is 22.1 Å². The summed E-state index contributed by atoms with van der Waals surface area (Å²) >= 11 is 0. The van der Waals surface area contributed by atoms with Gasteiger partial charge in [-0.1, -0.05) is 6.92 Å². The lowest BCUT2D eigenvalue weighted by Gasteiger charge is -2.30. The van der Waals surface area contributed by atoms with Crippen molar-refractivity contribution in [2.45, 2.75) is 51.6 Å². The third-order valence-electron chi connectivity index (χ3n) is 4.53. The molecule has 116 valence electrons. The maximum absolute atomic E-state index is 12.6. The molecule has 2 aliphatic rings. The SMILES string of the molecule is CCCn1ccnc(N(CC2CCNCC2)C2CC2)c1=O. The van der Waals surface area contributed by atoms with Crippen molar-refractivity contribution < 1.29 is 0 Å². The molecular formula is C16H26N4O. The van der Waals surface area contributed by atoms with E-state index in [-0.39, 0.29) is 5.56 Å². The van der Waals surface area contributed by atoms with Gasteiger partial charge in [-0.3, -0.25) is 4.79 Å². The monoisotopic (exact) mass is 290 g/mol. The van der Waals surface area contributed by atoms with E-state index in [1.807, 2.05) is 6.20 Å². The number of nitrogens with one attached hydrogen (secondary N) is 1. The van der Waals surface area contributed by atoms with Gasteiger partial charge in [0.05, 0.1) is 0 Å². The minimum atomic E-state index is 0.0835. The van der Waals surface area contributed by atoms with E-state index < -0.39 is 0 Å². The van der Waals surface area contributed by atoms with Gasteiger partial charge in [-0.15, -0.1) is 0 Å². The van der Waals surface area contributed by atoms with Gasteiger partial charge in [0.1, 0.15) is 0 Å². The number of hydrogen-bond acceptors (Lipinski definition) is 4. The Bertz CT molecular complexity index is 517. The van der Waals surface area contributed by atoms with Crippen molar-refractivity contribution >= 4 is 5.82 Å². The number of aryl methyl sites for hydroxylation is 1. The molecule has 2 heterocycles. The van der Waals surface area contributed by atoms with Crippen LogP contribution in [0.25, 0.3) is 0 Å². The molecule has 3 rings (SSSR count). The van der Waals surface area contributed by atoms with Crippen molar-refractivity contribution in [2.24, 2.45) is 5.92 Å². The smallest absolute Gasteiger partial charge is 0.293 e. The van der Waals surface area contributed by atoms with Crippen LogP contribution in [0, 0.1) is 5.92 Å². The van der Waals surface area contributed by atoms with Crippen molar-refractivity contribution in [2.75, 3.05) is 24.5 Å². The highest BCUT2D eigenvalue weighted by Gasteiger charge is 2.33. The molecule has 0 atom stereocenters. The number of piperidine rings is 1. The second-order valence-corrected chi connectivity index (χ2v) is 6.33. The molecule has 1 N–H and O–H groups in total. The van der Waals surface area contributed by atoms with Gasteiger partial charge in [0.2, 0.25) is 0 Å². The van der Waals surface area contributed by atoms with Crippen LogP contribution in [0.1, 0.15) is 39.0 Å². The Kier molecular flexibility index (Phi) is 4.58. The molecule has 1 saturated heterocycles. The second kappa shape index (κ2) is 6.60. The fraction of sp³-hybridized carbons (Fsp3) is 0.750. The van der Waals surface area contributed by atoms with Crippen LogP contribution in [0.4, 0.5) is 5.82 Å². The van der Waals surface area contributed by atoms with Crippen LogP contribution < -0.4 is 15.8 Å². The molecule has 1 aliphatic heterocycles. The largest absolute Gasteiger partial charge is 0.349 e. The Hall–Kier alpha value is -1.36. The van der Waals surface area contributed by atoms with E-state index in [9.17, 15) is 4.79 Å². The molecule has 0 radical (unpaired) electrons. The van der Waals surface area contributed by atoms with Gasteiger partial charge >= 0.3 is 0 Å². The zero-order chi connectivity index (χ0) is 14.7. The summed E-state index contributed by atoms with van der Waals surface area (Å²) in [5.74, 6) is 1.36. The van der Waals surface area contributed by atoms with Gasteiger partial charge in [-0.2, -0.15) is 0 Å². The summed E-state index contributed by atoms with van der Waals surface area (Å²) < 4.78 is 1.81. The summed E-state index contributed by atoms with van der Waals surface area (Å²) in [5.41, 5.74) is 0.0835. The summed E-state index contributed by atoms with van der Waals surface area (Å²) in [6.45, 7) is 6.07. The number of rotatable bonds is 6. The number of aromatic nitrogens is 2. The molecule has 0 unspecified atom stereocenters. The zero-order valence-electron chi connectivity index (χ0n) is 12.9. The van der Waals surface area contributed by atoms with Crippen molar-refractivity contribution in [3.8, 4) is 0 Å². The van der Waals surface area contributed by atoms with E-state index in [1.165, 1.54) is 25.7 Å². The first-order valence-electron chi connectivity index (χ1n) is 8.32. The number of anilines is 1. The fourth-order valence-corrected chi connectivity index (χ4v) is 3.19. The maximum atomic E-state index is 12.6. The minimum absolute atomic E-state index is 0.0835. The maximum Gasteiger partial charge on any atom is 0.293 e. The van der Waals surface area contributed by atoms with Crippen molar-refractivity contribution in [1.29, 1.82) is 0 Å². The molecule has 5 heteroatoms. The van der Waals surface area contributed by atoms with E-state index in [0.29, 0.717) is 17.8 Å². The molecule has 1 aliphatic carbocycles. The summed E-state index contributed by atoms with van der Waals surface area (Å²) in [4.78, 5) is 19.3. The first kappa shape index (κ1) is 14.6. The lowest BCUT2D eigenvalue weighted by Crippen LogP contribution is -2.41. The van der Waals surface area contributed by atoms with Crippen molar-refractivity contribution in [1.82, 2.24) is 14.9 Å². The molecule has 0 aromatic carbocycles. The molecular weight excluding hydrogens is 264 g/mol. The zero-order valence-corrected chi connectivity index (χ0v) is 12.9. The third kappa shape index (κ3) is 3.46. The van der Waals surface area contributed by atoms with Crippen LogP contribution in [0.15, 0.2) is 17.2 Å². The van der Waals surface area contributed by atoms with Gasteiger partial charge in [-0.25, -0.2) is 4.98 Å². The average Bonchev–Trinajstić information content (AvgIpc) is 3.33. The van der Waals surface area contributed by atoms with Crippen LogP contribution >= 0.6 is 0 Å². The highest BCUT2D eigenvalue weighted by molar-refractivity contribution is 5.39. The first-order valence-corrected chi connectivity index (χ1v) is 8.32. The molecule has 0 amide bonds. The third-order valence-corrected chi connectivity index (χ3v) is 4.53. The normalized spacial score (nSPS) is 19.7. The predicted octanol–water partition coefficient (Wildman–Crippen LogP) is 1.62. The van der Waals surface area contributed by atoms with Crippen LogP contribution in [-0.4, -0.2) is 35.2 Å². The molecule has 5 nitrogen and oxygen atoms in total. The quantitative estimate of drug-likeness (QED) is 0.865. The first-order chi connectivity index (χ1) is 10.3. The van der Waals surface area contributed by atoms with Crippen molar-refractivity contribution in [3.05, 3.63) is 22.7 Å². The standard InChI is InChI=1S/C16H26N4O/c1-2-10-19-11-9-18-15(16(19)21)20(14-3-4-14)12-13-5-7-17-8-6-13/h9,11,13-14,17H,2-8,10,12H2,1H3. The van der Waals surface area contributed by atoms with E-state index in [1.54, 1.807) is 10.8 Å². The number of nitrogens with zero attached hydrogens (tertiary/aromatic N) is 3. The van der Waals surface area contributed by atoms with Gasteiger partial charge in [0.25, 0.3) is 5.56 Å². The molecule has 1 saturated carbocycles. The highest BCUT2D eigenvalue weighted by Crippen LogP contribution is 2.31. The Labute approximate surface area is 126 Å². The summed E-state index contributed by atoms with van der Waals surface area (Å²) in [5, 5.41) is 3.41. The Balaban J connectivity index is 1.80. The highest BCUT2D eigenvalue weighted by atomic mass is 16.1. The lowest BCUT2D eigenvalue weighted by atomic mass is 9.97. The molecule has 1 aromatic rings. The van der Waals surface area contributed by atoms with E-state index in [0.717, 1.165) is 32.6 Å². The summed E-state index contributed by atoms with van der Waals surface area (Å²) in [7, 11) is 0. The molecule has 0 spiro atoms. The fourth-order valence-electron chi connectivity index (χ4n) is 3.19. The van der Waals surface area contributed by atoms with Gasteiger partial charge in [0, 0.05) is 31.5 Å². The van der Waals surface area contributed by atoms with Crippen molar-refractivity contribution in [3.63, 3.8) is 0 Å². The minimum Gasteiger partial charge on any atom is -0.349 e. The van der Waals surface area contributed by atoms with Crippen LogP contribution in [-0.2, 0) is 6.54 Å².